The summed E-state index contributed by atoms with van der Waals surface area (Å²) >= 11 is 0. The van der Waals surface area contributed by atoms with E-state index in [1.807, 2.05) is 60.7 Å². The number of hydrogen-bond acceptors (Lipinski definition) is 2. The molecule has 0 atom stereocenters. The summed E-state index contributed by atoms with van der Waals surface area (Å²) in [6, 6.07) is 58.8. The van der Waals surface area contributed by atoms with E-state index >= 15 is 0 Å². The van der Waals surface area contributed by atoms with E-state index in [1.54, 1.807) is 0 Å². The predicted molar refractivity (Wildman–Crippen MR) is 195 cm³/mol. The van der Waals surface area contributed by atoms with Gasteiger partial charge in [0.25, 0.3) is 0 Å². The lowest BCUT2D eigenvalue weighted by Crippen LogP contribution is -2.01. The molecule has 0 saturated heterocycles. The van der Waals surface area contributed by atoms with E-state index in [9.17, 15) is 10.5 Å². The van der Waals surface area contributed by atoms with Crippen LogP contribution in [0.5, 0.6) is 0 Å². The van der Waals surface area contributed by atoms with Crippen LogP contribution in [0.4, 0.5) is 0 Å². The molecule has 222 valence electrons. The first-order valence-corrected chi connectivity index (χ1v) is 15.9. The third kappa shape index (κ3) is 4.01. The van der Waals surface area contributed by atoms with Gasteiger partial charge < -0.3 is 9.13 Å². The van der Waals surface area contributed by atoms with Crippen molar-refractivity contribution in [2.45, 2.75) is 0 Å². The van der Waals surface area contributed by atoms with Gasteiger partial charge in [0.2, 0.25) is 0 Å². The first kappa shape index (κ1) is 27.4. The number of rotatable bonds is 4. The summed E-state index contributed by atoms with van der Waals surface area (Å²) in [6.45, 7) is 0. The Labute approximate surface area is 277 Å². The molecule has 0 aliphatic carbocycles. The minimum atomic E-state index is 0.518. The Morgan fingerprint density at radius 1 is 0.375 bits per heavy atom. The number of para-hydroxylation sites is 5. The van der Waals surface area contributed by atoms with Crippen LogP contribution in [0.25, 0.3) is 77.2 Å². The highest BCUT2D eigenvalue weighted by atomic mass is 15.0. The first-order chi connectivity index (χ1) is 23.8. The fourth-order valence-corrected chi connectivity index (χ4v) is 7.38. The number of nitriles is 2. The van der Waals surface area contributed by atoms with Crippen LogP contribution in [-0.4, -0.2) is 9.13 Å². The lowest BCUT2D eigenvalue weighted by molar-refractivity contribution is 1.17. The van der Waals surface area contributed by atoms with Gasteiger partial charge >= 0.3 is 0 Å². The Morgan fingerprint density at radius 2 is 0.833 bits per heavy atom. The quantitative estimate of drug-likeness (QED) is 0.199. The molecule has 9 aromatic rings. The van der Waals surface area contributed by atoms with Crippen molar-refractivity contribution in [3.05, 3.63) is 169 Å². The second-order valence-corrected chi connectivity index (χ2v) is 11.9. The van der Waals surface area contributed by atoms with Crippen molar-refractivity contribution in [2.24, 2.45) is 0 Å². The van der Waals surface area contributed by atoms with E-state index in [4.69, 9.17) is 0 Å². The summed E-state index contributed by atoms with van der Waals surface area (Å²) < 4.78 is 4.49. The zero-order valence-corrected chi connectivity index (χ0v) is 25.8. The summed E-state index contributed by atoms with van der Waals surface area (Å²) in [7, 11) is 0. The van der Waals surface area contributed by atoms with E-state index in [0.717, 1.165) is 66.5 Å². The molecule has 0 spiro atoms. The van der Waals surface area contributed by atoms with Gasteiger partial charge in [0, 0.05) is 38.2 Å². The zero-order valence-electron chi connectivity index (χ0n) is 25.8. The number of nitrogens with zero attached hydrogens (tertiary/aromatic N) is 4. The Hall–Kier alpha value is -6.88. The fraction of sp³-hybridized carbons (Fsp3) is 0. The third-order valence-corrected chi connectivity index (χ3v) is 9.44. The number of benzene rings is 7. The highest BCUT2D eigenvalue weighted by Crippen LogP contribution is 2.40. The Balaban J connectivity index is 1.28. The van der Waals surface area contributed by atoms with E-state index in [-0.39, 0.29) is 0 Å². The van der Waals surface area contributed by atoms with Crippen LogP contribution in [-0.2, 0) is 0 Å². The monoisotopic (exact) mass is 610 g/mol. The van der Waals surface area contributed by atoms with Gasteiger partial charge in [-0.25, -0.2) is 0 Å². The molecule has 0 saturated carbocycles. The van der Waals surface area contributed by atoms with Crippen LogP contribution in [0, 0.1) is 22.7 Å². The summed E-state index contributed by atoms with van der Waals surface area (Å²) in [5, 5.41) is 25.8. The zero-order chi connectivity index (χ0) is 32.2. The molecule has 2 aromatic heterocycles. The minimum absolute atomic E-state index is 0.518. The van der Waals surface area contributed by atoms with Crippen LogP contribution in [0.15, 0.2) is 158 Å². The van der Waals surface area contributed by atoms with Crippen molar-refractivity contribution in [1.29, 1.82) is 10.5 Å². The molecule has 0 N–H and O–H groups in total. The van der Waals surface area contributed by atoms with Gasteiger partial charge in [-0.3, -0.25) is 0 Å². The molecule has 0 fully saturated rings. The van der Waals surface area contributed by atoms with Crippen LogP contribution in [0.1, 0.15) is 11.1 Å². The molecule has 0 unspecified atom stereocenters. The molecule has 2 heterocycles. The Morgan fingerprint density at radius 3 is 1.38 bits per heavy atom. The maximum Gasteiger partial charge on any atom is 0.102 e. The summed E-state index contributed by atoms with van der Waals surface area (Å²) in [6.07, 6.45) is 0. The third-order valence-electron chi connectivity index (χ3n) is 9.44. The predicted octanol–water partition coefficient (Wildman–Crippen LogP) is 11.0. The summed E-state index contributed by atoms with van der Waals surface area (Å²) in [5.41, 5.74) is 10.6. The van der Waals surface area contributed by atoms with Crippen LogP contribution >= 0.6 is 0 Å². The van der Waals surface area contributed by atoms with Gasteiger partial charge in [0.05, 0.1) is 50.6 Å². The van der Waals surface area contributed by atoms with Crippen molar-refractivity contribution < 1.29 is 0 Å². The second-order valence-electron chi connectivity index (χ2n) is 11.9. The van der Waals surface area contributed by atoms with Crippen LogP contribution in [0.2, 0.25) is 0 Å². The second kappa shape index (κ2) is 10.9. The molecule has 4 nitrogen and oxygen atoms in total. The smallest absolute Gasteiger partial charge is 0.102 e. The maximum absolute atomic E-state index is 10.8. The van der Waals surface area contributed by atoms with E-state index < -0.39 is 0 Å². The first-order valence-electron chi connectivity index (χ1n) is 15.9. The molecule has 7 aromatic carbocycles. The number of hydrogen-bond donors (Lipinski definition) is 0. The van der Waals surface area contributed by atoms with Crippen molar-refractivity contribution in [3.63, 3.8) is 0 Å². The van der Waals surface area contributed by atoms with Crippen LogP contribution < -0.4 is 0 Å². The molecule has 9 rings (SSSR count). The number of aromatic nitrogens is 2. The van der Waals surface area contributed by atoms with Crippen molar-refractivity contribution >= 4 is 43.6 Å². The SMILES string of the molecule is N#Cc1ccc(-c2ccccc2-n2c3ccccc3c3ccccc32)cc1-c1cccc(-n2c3ccccc3c3ccccc32)c1C#N. The van der Waals surface area contributed by atoms with Crippen LogP contribution in [0.3, 0.4) is 0 Å². The highest BCUT2D eigenvalue weighted by Gasteiger charge is 2.20. The average Bonchev–Trinajstić information content (AvgIpc) is 3.67. The van der Waals surface area contributed by atoms with Gasteiger partial charge in [-0.1, -0.05) is 109 Å². The van der Waals surface area contributed by atoms with Gasteiger partial charge in [-0.05, 0) is 54.1 Å². The Kier molecular flexibility index (Phi) is 6.22. The molecular weight excluding hydrogens is 585 g/mol. The minimum Gasteiger partial charge on any atom is -0.309 e. The van der Waals surface area contributed by atoms with Crippen molar-refractivity contribution in [3.8, 4) is 45.8 Å². The molecule has 4 heteroatoms. The van der Waals surface area contributed by atoms with E-state index in [2.05, 4.69) is 118 Å². The van der Waals surface area contributed by atoms with Gasteiger partial charge in [-0.15, -0.1) is 0 Å². The molecule has 0 aliphatic rings. The number of fused-ring (bicyclic) bond motifs is 6. The fourth-order valence-electron chi connectivity index (χ4n) is 7.38. The normalized spacial score (nSPS) is 11.3. The van der Waals surface area contributed by atoms with Crippen molar-refractivity contribution in [1.82, 2.24) is 9.13 Å². The topological polar surface area (TPSA) is 57.4 Å². The lowest BCUT2D eigenvalue weighted by atomic mass is 9.91. The van der Waals surface area contributed by atoms with E-state index in [1.165, 1.54) is 10.8 Å². The van der Waals surface area contributed by atoms with Gasteiger partial charge in [0.15, 0.2) is 0 Å². The lowest BCUT2D eigenvalue weighted by Gasteiger charge is -2.17. The summed E-state index contributed by atoms with van der Waals surface area (Å²) in [4.78, 5) is 0. The highest BCUT2D eigenvalue weighted by molar-refractivity contribution is 6.10. The standard InChI is InChI=1S/C44H26N4/c45-27-30-25-24-29(31-12-1-6-18-39(31)47-40-19-7-2-13-33(40)34-14-3-8-20-41(34)47)26-37(30)32-17-11-23-44(38(32)28-46)48-42-21-9-4-15-35(42)36-16-5-10-22-43(36)48/h1-26H. The van der Waals surface area contributed by atoms with Gasteiger partial charge in [-0.2, -0.15) is 10.5 Å². The molecule has 0 amide bonds. The molecule has 0 radical (unpaired) electrons. The molecule has 0 aliphatic heterocycles. The van der Waals surface area contributed by atoms with E-state index in [0.29, 0.717) is 11.1 Å². The molecular formula is C44H26N4. The van der Waals surface area contributed by atoms with Gasteiger partial charge in [0.1, 0.15) is 6.07 Å². The average molecular weight is 611 g/mol. The van der Waals surface area contributed by atoms with Crippen molar-refractivity contribution in [2.75, 3.05) is 0 Å². The largest absolute Gasteiger partial charge is 0.309 e. The Bertz CT molecular complexity index is 2710. The summed E-state index contributed by atoms with van der Waals surface area (Å²) in [5.74, 6) is 0. The molecule has 0 bridgehead atoms. The molecule has 48 heavy (non-hydrogen) atoms. The maximum atomic E-state index is 10.8.